The van der Waals surface area contributed by atoms with Gasteiger partial charge in [0.25, 0.3) is 0 Å². The quantitative estimate of drug-likeness (QED) is 0.0802. The Balaban J connectivity index is 3.07. The van der Waals surface area contributed by atoms with Crippen molar-refractivity contribution in [1.82, 2.24) is 0 Å². The van der Waals surface area contributed by atoms with Crippen molar-refractivity contribution in [2.24, 2.45) is 5.16 Å². The van der Waals surface area contributed by atoms with E-state index in [0.29, 0.717) is 18.4 Å². The van der Waals surface area contributed by atoms with Crippen LogP contribution in [0.4, 0.5) is 22.0 Å². The molecular formula is C19H18F5NO4. The average molecular weight is 419 g/mol. The predicted octanol–water partition coefficient (Wildman–Crippen LogP) is 4.76. The van der Waals surface area contributed by atoms with E-state index in [2.05, 4.69) is 23.2 Å². The molecule has 0 heterocycles. The van der Waals surface area contributed by atoms with Gasteiger partial charge >= 0.3 is 11.9 Å². The Bertz CT molecular complexity index is 822. The lowest BCUT2D eigenvalue weighted by Crippen LogP contribution is -2.20. The highest BCUT2D eigenvalue weighted by molar-refractivity contribution is 6.36. The minimum absolute atomic E-state index is 0.0408. The van der Waals surface area contributed by atoms with Crippen LogP contribution in [-0.2, 0) is 14.4 Å². The fourth-order valence-corrected chi connectivity index (χ4v) is 2.05. The van der Waals surface area contributed by atoms with Gasteiger partial charge in [-0.1, -0.05) is 23.4 Å². The number of oxime groups is 1. The lowest BCUT2D eigenvalue weighted by Gasteiger charge is -2.08. The summed E-state index contributed by atoms with van der Waals surface area (Å²) in [6.45, 7) is 8.80. The van der Waals surface area contributed by atoms with Crippen molar-refractivity contribution in [3.05, 3.63) is 59.5 Å². The van der Waals surface area contributed by atoms with Gasteiger partial charge in [-0.3, -0.25) is 0 Å². The fourth-order valence-electron chi connectivity index (χ4n) is 2.05. The van der Waals surface area contributed by atoms with Crippen LogP contribution in [0.15, 0.2) is 30.0 Å². The van der Waals surface area contributed by atoms with Crippen molar-refractivity contribution in [3.8, 4) is 0 Å². The van der Waals surface area contributed by atoms with Gasteiger partial charge in [-0.15, -0.1) is 6.58 Å². The summed E-state index contributed by atoms with van der Waals surface area (Å²) in [4.78, 5) is 28.0. The molecule has 0 saturated heterocycles. The fraction of sp³-hybridized carbons (Fsp3) is 0.316. The first kappa shape index (κ1) is 24.0. The van der Waals surface area contributed by atoms with E-state index in [-0.39, 0.29) is 19.4 Å². The molecule has 1 aromatic carbocycles. The second-order valence-corrected chi connectivity index (χ2v) is 5.66. The number of ether oxygens (including phenoxy) is 1. The van der Waals surface area contributed by atoms with E-state index >= 15 is 0 Å². The normalized spacial score (nSPS) is 11.2. The Morgan fingerprint density at radius 2 is 1.52 bits per heavy atom. The third kappa shape index (κ3) is 6.23. The predicted molar refractivity (Wildman–Crippen MR) is 93.5 cm³/mol. The number of nitrogens with zero attached hydrogens (tertiary/aromatic N) is 1. The maximum atomic E-state index is 13.6. The van der Waals surface area contributed by atoms with Gasteiger partial charge in [-0.05, 0) is 26.2 Å². The van der Waals surface area contributed by atoms with Gasteiger partial charge < -0.3 is 9.57 Å². The summed E-state index contributed by atoms with van der Waals surface area (Å²) in [6, 6.07) is 0. The highest BCUT2D eigenvalue weighted by Crippen LogP contribution is 2.23. The van der Waals surface area contributed by atoms with Crippen LogP contribution in [0.25, 0.3) is 0 Å². The van der Waals surface area contributed by atoms with Crippen molar-refractivity contribution in [2.45, 2.75) is 32.6 Å². The standard InChI is InChI=1S/C19H18F5NO4/c1-4-6-7-10(3)8-9-11(18(26)28-5-2)25-29-19(27)12-13(20)15(22)17(24)16(23)14(12)21/h4H,1,3,5-9H2,2H3/b25-11-. The van der Waals surface area contributed by atoms with E-state index in [0.717, 1.165) is 0 Å². The van der Waals surface area contributed by atoms with E-state index < -0.39 is 52.3 Å². The van der Waals surface area contributed by atoms with Gasteiger partial charge in [0.05, 0.1) is 6.61 Å². The molecule has 10 heteroatoms. The zero-order valence-electron chi connectivity index (χ0n) is 15.5. The first-order chi connectivity index (χ1) is 13.6. The summed E-state index contributed by atoms with van der Waals surface area (Å²) in [5.41, 5.74) is -1.54. The van der Waals surface area contributed by atoms with Crippen LogP contribution in [0.1, 0.15) is 43.0 Å². The number of rotatable bonds is 10. The van der Waals surface area contributed by atoms with Crippen molar-refractivity contribution in [2.75, 3.05) is 6.61 Å². The number of carbonyl (C=O) groups excluding carboxylic acids is 2. The van der Waals surface area contributed by atoms with E-state index in [4.69, 9.17) is 4.74 Å². The molecule has 0 aliphatic heterocycles. The second-order valence-electron chi connectivity index (χ2n) is 5.66. The highest BCUT2D eigenvalue weighted by Gasteiger charge is 2.31. The number of hydrogen-bond donors (Lipinski definition) is 0. The van der Waals surface area contributed by atoms with Gasteiger partial charge in [0.1, 0.15) is 5.56 Å². The largest absolute Gasteiger partial charge is 0.461 e. The van der Waals surface area contributed by atoms with Crippen LogP contribution in [0.3, 0.4) is 0 Å². The number of carbonyl (C=O) groups is 2. The number of allylic oxidation sites excluding steroid dienone is 2. The third-order valence-electron chi connectivity index (χ3n) is 3.58. The van der Waals surface area contributed by atoms with Crippen LogP contribution in [-0.4, -0.2) is 24.3 Å². The monoisotopic (exact) mass is 419 g/mol. The van der Waals surface area contributed by atoms with E-state index in [1.54, 1.807) is 6.08 Å². The molecule has 29 heavy (non-hydrogen) atoms. The van der Waals surface area contributed by atoms with Crippen LogP contribution in [0.5, 0.6) is 0 Å². The zero-order valence-corrected chi connectivity index (χ0v) is 15.5. The molecule has 0 aromatic heterocycles. The Kier molecular flexibility index (Phi) is 9.17. The molecule has 0 atom stereocenters. The van der Waals surface area contributed by atoms with Crippen LogP contribution >= 0.6 is 0 Å². The minimum Gasteiger partial charge on any atom is -0.461 e. The Labute approximate surface area is 163 Å². The van der Waals surface area contributed by atoms with Crippen molar-refractivity contribution in [1.29, 1.82) is 0 Å². The van der Waals surface area contributed by atoms with Gasteiger partial charge in [-0.25, -0.2) is 31.5 Å². The van der Waals surface area contributed by atoms with Gasteiger partial charge in [0, 0.05) is 6.42 Å². The molecular weight excluding hydrogens is 401 g/mol. The minimum atomic E-state index is -2.43. The molecule has 158 valence electrons. The second kappa shape index (κ2) is 11.1. The Hall–Kier alpha value is -3.04. The van der Waals surface area contributed by atoms with Crippen LogP contribution < -0.4 is 0 Å². The van der Waals surface area contributed by atoms with Crippen molar-refractivity contribution in [3.63, 3.8) is 0 Å². The molecule has 0 bridgehead atoms. The van der Waals surface area contributed by atoms with Crippen molar-refractivity contribution >= 4 is 17.7 Å². The molecule has 0 aliphatic rings. The zero-order chi connectivity index (χ0) is 22.1. The molecule has 0 aliphatic carbocycles. The van der Waals surface area contributed by atoms with E-state index in [1.165, 1.54) is 6.92 Å². The summed E-state index contributed by atoms with van der Waals surface area (Å²) in [6.07, 6.45) is 3.02. The smallest absolute Gasteiger partial charge is 0.371 e. The van der Waals surface area contributed by atoms with E-state index in [9.17, 15) is 31.5 Å². The maximum Gasteiger partial charge on any atom is 0.371 e. The lowest BCUT2D eigenvalue weighted by molar-refractivity contribution is -0.135. The molecule has 0 N–H and O–H groups in total. The first-order valence-electron chi connectivity index (χ1n) is 8.39. The summed E-state index contributed by atoms with van der Waals surface area (Å²) < 4.78 is 71.5. The number of esters is 1. The summed E-state index contributed by atoms with van der Waals surface area (Å²) >= 11 is 0. The first-order valence-corrected chi connectivity index (χ1v) is 8.39. The van der Waals surface area contributed by atoms with E-state index in [1.807, 2.05) is 0 Å². The molecule has 0 spiro atoms. The molecule has 0 unspecified atom stereocenters. The SMILES string of the molecule is C=CCCC(=C)CC/C(=N/OC(=O)c1c(F)c(F)c(F)c(F)c1F)C(=O)OCC. The van der Waals surface area contributed by atoms with Crippen LogP contribution in [0.2, 0.25) is 0 Å². The maximum absolute atomic E-state index is 13.6. The van der Waals surface area contributed by atoms with Gasteiger partial charge in [-0.2, -0.15) is 0 Å². The lowest BCUT2D eigenvalue weighted by atomic mass is 10.0. The molecule has 5 nitrogen and oxygen atoms in total. The number of halogens is 5. The highest BCUT2D eigenvalue weighted by atomic mass is 19.2. The average Bonchev–Trinajstić information content (AvgIpc) is 2.69. The molecule has 0 fully saturated rings. The summed E-state index contributed by atoms with van der Waals surface area (Å²) in [5.74, 6) is -14.8. The number of benzene rings is 1. The molecule has 0 radical (unpaired) electrons. The summed E-state index contributed by atoms with van der Waals surface area (Å²) in [5, 5.41) is 3.19. The number of hydrogen-bond acceptors (Lipinski definition) is 5. The topological polar surface area (TPSA) is 65.0 Å². The molecule has 0 saturated carbocycles. The molecule has 0 amide bonds. The summed E-state index contributed by atoms with van der Waals surface area (Å²) in [7, 11) is 0. The van der Waals surface area contributed by atoms with Crippen LogP contribution in [0, 0.1) is 29.1 Å². The molecule has 1 rings (SSSR count). The van der Waals surface area contributed by atoms with Crippen molar-refractivity contribution < 1.29 is 41.1 Å². The Morgan fingerprint density at radius 1 is 0.966 bits per heavy atom. The molecule has 1 aromatic rings. The van der Waals surface area contributed by atoms with Gasteiger partial charge in [0.2, 0.25) is 5.82 Å². The Morgan fingerprint density at radius 3 is 2.03 bits per heavy atom. The van der Waals surface area contributed by atoms with Gasteiger partial charge in [0.15, 0.2) is 29.0 Å². The third-order valence-corrected chi connectivity index (χ3v) is 3.58.